The van der Waals surface area contributed by atoms with E-state index < -0.39 is 12.0 Å². The van der Waals surface area contributed by atoms with Gasteiger partial charge in [0.2, 0.25) is 0 Å². The quantitative estimate of drug-likeness (QED) is 0.181. The first kappa shape index (κ1) is 33.7. The largest absolute Gasteiger partial charge is 0.490 e. The first-order valence-electron chi connectivity index (χ1n) is 14.9. The van der Waals surface area contributed by atoms with Gasteiger partial charge in [-0.25, -0.2) is 14.6 Å². The van der Waals surface area contributed by atoms with Crippen LogP contribution in [-0.4, -0.2) is 43.4 Å². The van der Waals surface area contributed by atoms with Gasteiger partial charge in [-0.3, -0.25) is 9.36 Å². The third-order valence-corrected chi connectivity index (χ3v) is 8.62. The average molecular weight is 722 g/mol. The summed E-state index contributed by atoms with van der Waals surface area (Å²) >= 11 is 4.72. The van der Waals surface area contributed by atoms with E-state index in [9.17, 15) is 14.4 Å². The highest BCUT2D eigenvalue weighted by atomic mass is 79.9. The summed E-state index contributed by atoms with van der Waals surface area (Å²) < 4.78 is 30.6. The van der Waals surface area contributed by atoms with Gasteiger partial charge < -0.3 is 23.7 Å². The van der Waals surface area contributed by atoms with Crippen molar-refractivity contribution in [2.24, 2.45) is 4.99 Å². The molecule has 47 heavy (non-hydrogen) atoms. The molecule has 0 N–H and O–H groups in total. The number of benzene rings is 3. The minimum absolute atomic E-state index is 0.207. The topological polar surface area (TPSA) is 115 Å². The van der Waals surface area contributed by atoms with Gasteiger partial charge in [0, 0.05) is 16.2 Å². The Bertz CT molecular complexity index is 2000. The standard InChI is InChI=1S/C35H33BrN2O8S/c1-5-43-28-14-12-23(17-29(28)44-6-2)31-26(34(41)42-4)19-37-35-38(31)32(39)30(47-35)18-24-16-25(36)13-15-27(24)46-20-21-8-10-22(11-9-21)33(40)45-7-3/h8-19,31H,5-7,20H2,1-4H3/b30-18+/t31-/m1/s1. The van der Waals surface area contributed by atoms with E-state index in [-0.39, 0.29) is 23.7 Å². The van der Waals surface area contributed by atoms with Gasteiger partial charge in [-0.05, 0) is 80.4 Å². The number of esters is 2. The lowest BCUT2D eigenvalue weighted by atomic mass is 9.97. The Morgan fingerprint density at radius 2 is 1.62 bits per heavy atom. The number of thiazole rings is 1. The zero-order valence-corrected chi connectivity index (χ0v) is 28.7. The number of carbonyl (C=O) groups is 2. The van der Waals surface area contributed by atoms with Crippen molar-refractivity contribution in [3.05, 3.63) is 119 Å². The molecule has 4 aromatic rings. The lowest BCUT2D eigenvalue weighted by Crippen LogP contribution is -2.39. The van der Waals surface area contributed by atoms with Crippen molar-refractivity contribution >= 4 is 45.3 Å². The lowest BCUT2D eigenvalue weighted by molar-refractivity contribution is -0.136. The van der Waals surface area contributed by atoms with Crippen LogP contribution in [0.4, 0.5) is 0 Å². The Kier molecular flexibility index (Phi) is 10.9. The molecule has 0 radical (unpaired) electrons. The smallest absolute Gasteiger partial charge is 0.338 e. The number of rotatable bonds is 12. The third kappa shape index (κ3) is 7.50. The molecule has 0 aliphatic carbocycles. The van der Waals surface area contributed by atoms with Crippen molar-refractivity contribution in [2.75, 3.05) is 26.9 Å². The van der Waals surface area contributed by atoms with Crippen LogP contribution < -0.4 is 29.1 Å². The molecule has 0 amide bonds. The zero-order valence-electron chi connectivity index (χ0n) is 26.3. The number of aromatic nitrogens is 1. The molecule has 0 fully saturated rings. The van der Waals surface area contributed by atoms with Crippen molar-refractivity contribution in [3.8, 4) is 17.2 Å². The van der Waals surface area contributed by atoms with Crippen LogP contribution in [0.5, 0.6) is 17.2 Å². The number of methoxy groups -OCH3 is 1. The van der Waals surface area contributed by atoms with Crippen LogP contribution in [0.3, 0.4) is 0 Å². The second-order valence-corrected chi connectivity index (χ2v) is 12.1. The molecule has 3 aromatic carbocycles. The first-order valence-corrected chi connectivity index (χ1v) is 16.6. The molecule has 0 bridgehead atoms. The van der Waals surface area contributed by atoms with Crippen LogP contribution in [0.1, 0.15) is 53.9 Å². The Morgan fingerprint density at radius 1 is 0.894 bits per heavy atom. The first-order chi connectivity index (χ1) is 22.8. The number of hydrogen-bond acceptors (Lipinski definition) is 10. The second-order valence-electron chi connectivity index (χ2n) is 10.1. The minimum atomic E-state index is -0.813. The van der Waals surface area contributed by atoms with Crippen LogP contribution in [0, 0.1) is 0 Å². The van der Waals surface area contributed by atoms with Gasteiger partial charge in [0.1, 0.15) is 12.4 Å². The lowest BCUT2D eigenvalue weighted by Gasteiger charge is -2.23. The molecule has 1 aliphatic heterocycles. The Morgan fingerprint density at radius 3 is 2.32 bits per heavy atom. The average Bonchev–Trinajstić information content (AvgIpc) is 3.39. The summed E-state index contributed by atoms with van der Waals surface area (Å²) in [7, 11) is 1.29. The maximum Gasteiger partial charge on any atom is 0.338 e. The molecular formula is C35H33BrN2O8S. The molecule has 12 heteroatoms. The number of ether oxygens (including phenoxy) is 5. The number of carbonyl (C=O) groups excluding carboxylic acids is 2. The zero-order chi connectivity index (χ0) is 33.5. The van der Waals surface area contributed by atoms with E-state index in [0.29, 0.717) is 63.1 Å². The van der Waals surface area contributed by atoms with Crippen molar-refractivity contribution in [2.45, 2.75) is 33.4 Å². The fourth-order valence-corrected chi connectivity index (χ4v) is 6.34. The molecule has 1 aromatic heterocycles. The van der Waals surface area contributed by atoms with Crippen molar-refractivity contribution in [1.82, 2.24) is 4.57 Å². The summed E-state index contributed by atoms with van der Waals surface area (Å²) in [5.41, 5.74) is 2.48. The third-order valence-electron chi connectivity index (χ3n) is 7.13. The monoisotopic (exact) mass is 720 g/mol. The van der Waals surface area contributed by atoms with Crippen LogP contribution in [0.2, 0.25) is 0 Å². The fourth-order valence-electron chi connectivity index (χ4n) is 5.00. The van der Waals surface area contributed by atoms with E-state index in [4.69, 9.17) is 23.7 Å². The maximum absolute atomic E-state index is 14.1. The molecule has 0 saturated heterocycles. The molecule has 2 heterocycles. The highest BCUT2D eigenvalue weighted by Crippen LogP contribution is 2.35. The molecule has 1 atom stereocenters. The maximum atomic E-state index is 14.1. The summed E-state index contributed by atoms with van der Waals surface area (Å²) in [5.74, 6) is 0.633. The van der Waals surface area contributed by atoms with Gasteiger partial charge in [-0.15, -0.1) is 0 Å². The molecular weight excluding hydrogens is 688 g/mol. The predicted octanol–water partition coefficient (Wildman–Crippen LogP) is 5.33. The summed E-state index contributed by atoms with van der Waals surface area (Å²) in [6, 6.07) is 17.1. The van der Waals surface area contributed by atoms with Crippen LogP contribution in [0.25, 0.3) is 6.08 Å². The van der Waals surface area contributed by atoms with E-state index in [0.717, 1.165) is 10.0 Å². The van der Waals surface area contributed by atoms with Gasteiger partial charge in [-0.2, -0.15) is 0 Å². The Balaban J connectivity index is 1.53. The van der Waals surface area contributed by atoms with Gasteiger partial charge in [0.05, 0.1) is 48.6 Å². The summed E-state index contributed by atoms with van der Waals surface area (Å²) in [4.78, 5) is 43.9. The van der Waals surface area contributed by atoms with Crippen molar-refractivity contribution in [3.63, 3.8) is 0 Å². The number of hydrogen-bond donors (Lipinski definition) is 0. The molecule has 244 valence electrons. The molecule has 5 rings (SSSR count). The number of fused-ring (bicyclic) bond motifs is 1. The molecule has 0 saturated carbocycles. The highest BCUT2D eigenvalue weighted by molar-refractivity contribution is 9.10. The normalized spacial score (nSPS) is 14.0. The fraction of sp³-hybridized carbons (Fsp3) is 0.257. The van der Waals surface area contributed by atoms with Gasteiger partial charge in [-0.1, -0.05) is 45.5 Å². The van der Waals surface area contributed by atoms with E-state index in [1.807, 2.05) is 32.0 Å². The second kappa shape index (κ2) is 15.3. The summed E-state index contributed by atoms with van der Waals surface area (Å²) in [6.07, 6.45) is 3.19. The predicted molar refractivity (Wildman–Crippen MR) is 181 cm³/mol. The summed E-state index contributed by atoms with van der Waals surface area (Å²) in [5, 5.41) is 0. The Labute approximate surface area is 283 Å². The van der Waals surface area contributed by atoms with Crippen LogP contribution in [-0.2, 0) is 20.9 Å². The summed E-state index contributed by atoms with van der Waals surface area (Å²) in [6.45, 7) is 6.90. The van der Waals surface area contributed by atoms with Crippen LogP contribution >= 0.6 is 27.3 Å². The van der Waals surface area contributed by atoms with Gasteiger partial charge in [0.25, 0.3) is 5.56 Å². The number of halogens is 1. The van der Waals surface area contributed by atoms with Crippen molar-refractivity contribution in [1.29, 1.82) is 0 Å². The molecule has 10 nitrogen and oxygen atoms in total. The van der Waals surface area contributed by atoms with Gasteiger partial charge >= 0.3 is 11.9 Å². The van der Waals surface area contributed by atoms with Crippen LogP contribution in [0.15, 0.2) is 86.7 Å². The van der Waals surface area contributed by atoms with E-state index in [1.165, 1.54) is 29.2 Å². The minimum Gasteiger partial charge on any atom is -0.490 e. The van der Waals surface area contributed by atoms with E-state index in [2.05, 4.69) is 20.9 Å². The molecule has 0 spiro atoms. The molecule has 1 aliphatic rings. The SMILES string of the molecule is CCOC(=O)c1ccc(COc2ccc(Br)cc2/C=c2/sc3n(c2=O)[C@H](c2ccc(OCC)c(OCC)c2)C(C(=O)OC)=CN=3)cc1. The van der Waals surface area contributed by atoms with Gasteiger partial charge in [0.15, 0.2) is 16.3 Å². The molecule has 0 unspecified atom stereocenters. The highest BCUT2D eigenvalue weighted by Gasteiger charge is 2.31. The van der Waals surface area contributed by atoms with E-state index in [1.54, 1.807) is 55.5 Å². The van der Waals surface area contributed by atoms with Crippen molar-refractivity contribution < 1.29 is 33.3 Å². The number of nitrogens with zero attached hydrogens (tertiary/aromatic N) is 2. The van der Waals surface area contributed by atoms with E-state index >= 15 is 0 Å². The Hall–Kier alpha value is -4.68.